The second-order valence-electron chi connectivity index (χ2n) is 3.39. The van der Waals surface area contributed by atoms with E-state index in [2.05, 4.69) is 4.98 Å². The van der Waals surface area contributed by atoms with Crippen LogP contribution in [0.3, 0.4) is 0 Å². The lowest BCUT2D eigenvalue weighted by molar-refractivity contribution is 1.09. The van der Waals surface area contributed by atoms with Crippen LogP contribution in [-0.2, 0) is 4.33 Å². The van der Waals surface area contributed by atoms with Crippen LogP contribution in [-0.4, -0.2) is 4.98 Å². The molecule has 0 amide bonds. The number of hydrogen-bond acceptors (Lipinski definition) is 0. The molecule has 3 heteroatoms. The molecule has 3 rings (SSSR count). The van der Waals surface area contributed by atoms with Crippen molar-refractivity contribution in [2.45, 2.75) is 4.33 Å². The van der Waals surface area contributed by atoms with Gasteiger partial charge in [0.1, 0.15) is 0 Å². The molecule has 1 nitrogen and oxygen atoms in total. The van der Waals surface area contributed by atoms with Crippen molar-refractivity contribution in [1.29, 1.82) is 0 Å². The first-order valence-corrected chi connectivity index (χ1v) is 5.12. The summed E-state index contributed by atoms with van der Waals surface area (Å²) in [6, 6.07) is 9.85. The lowest BCUT2D eigenvalue weighted by Crippen LogP contribution is -2.06. The number of benzene rings is 1. The van der Waals surface area contributed by atoms with E-state index in [1.165, 1.54) is 0 Å². The monoisotopic (exact) mass is 223 g/mol. The first-order chi connectivity index (χ1) is 6.71. The molecule has 1 aliphatic rings. The number of fused-ring (bicyclic) bond motifs is 3. The Balaban J connectivity index is 2.42. The molecule has 14 heavy (non-hydrogen) atoms. The van der Waals surface area contributed by atoms with Gasteiger partial charge in [0.25, 0.3) is 0 Å². The van der Waals surface area contributed by atoms with Gasteiger partial charge in [-0.3, -0.25) is 0 Å². The molecule has 0 bridgehead atoms. The number of aromatic nitrogens is 1. The average molecular weight is 224 g/mol. The molecule has 0 spiro atoms. The van der Waals surface area contributed by atoms with E-state index in [1.807, 2.05) is 36.5 Å². The molecule has 0 fully saturated rings. The van der Waals surface area contributed by atoms with E-state index in [9.17, 15) is 0 Å². The van der Waals surface area contributed by atoms with E-state index in [-0.39, 0.29) is 0 Å². The van der Waals surface area contributed by atoms with Crippen LogP contribution in [0.2, 0.25) is 0 Å². The predicted molar refractivity (Wildman–Crippen MR) is 58.7 cm³/mol. The van der Waals surface area contributed by atoms with Crippen LogP contribution < -0.4 is 0 Å². The highest BCUT2D eigenvalue weighted by atomic mass is 35.5. The number of halogens is 2. The maximum Gasteiger partial charge on any atom is 0.170 e. The Hall–Kier alpha value is -0.920. The van der Waals surface area contributed by atoms with Gasteiger partial charge in [0.15, 0.2) is 4.33 Å². The molecular weight excluding hydrogens is 217 g/mol. The zero-order chi connectivity index (χ0) is 9.76. The standard InChI is InChI=1S/C11H7Cl2N/c12-11(13)8-4-2-1-3-7(8)10-9(11)5-6-14-10/h1-6,14H. The van der Waals surface area contributed by atoms with E-state index in [1.54, 1.807) is 0 Å². The van der Waals surface area contributed by atoms with E-state index in [0.29, 0.717) is 0 Å². The number of rotatable bonds is 0. The minimum Gasteiger partial charge on any atom is -0.361 e. The molecule has 1 aromatic heterocycles. The van der Waals surface area contributed by atoms with Crippen molar-refractivity contribution < 1.29 is 0 Å². The smallest absolute Gasteiger partial charge is 0.170 e. The lowest BCUT2D eigenvalue weighted by atomic mass is 10.1. The predicted octanol–water partition coefficient (Wildman–Crippen LogP) is 3.67. The molecule has 2 aromatic rings. The Labute approximate surface area is 91.7 Å². The lowest BCUT2D eigenvalue weighted by Gasteiger charge is -2.13. The summed E-state index contributed by atoms with van der Waals surface area (Å²) >= 11 is 12.6. The highest BCUT2D eigenvalue weighted by molar-refractivity contribution is 6.51. The SMILES string of the molecule is ClC1(Cl)c2ccccc2-c2[nH]ccc21. The zero-order valence-electron chi connectivity index (χ0n) is 7.22. The summed E-state index contributed by atoms with van der Waals surface area (Å²) in [4.78, 5) is 3.16. The number of hydrogen-bond donors (Lipinski definition) is 1. The Morgan fingerprint density at radius 1 is 1.00 bits per heavy atom. The van der Waals surface area contributed by atoms with Gasteiger partial charge in [-0.1, -0.05) is 47.5 Å². The molecule has 1 N–H and O–H groups in total. The van der Waals surface area contributed by atoms with E-state index >= 15 is 0 Å². The van der Waals surface area contributed by atoms with E-state index < -0.39 is 4.33 Å². The topological polar surface area (TPSA) is 15.8 Å². The third-order valence-corrected chi connectivity index (χ3v) is 3.43. The van der Waals surface area contributed by atoms with Gasteiger partial charge in [-0.2, -0.15) is 0 Å². The highest BCUT2D eigenvalue weighted by Crippen LogP contribution is 2.53. The van der Waals surface area contributed by atoms with Crippen molar-refractivity contribution in [3.63, 3.8) is 0 Å². The normalized spacial score (nSPS) is 16.4. The number of aromatic amines is 1. The van der Waals surface area contributed by atoms with Crippen LogP contribution in [0.4, 0.5) is 0 Å². The molecule has 70 valence electrons. The van der Waals surface area contributed by atoms with Gasteiger partial charge in [0.2, 0.25) is 0 Å². The number of H-pyrrole nitrogens is 1. The maximum absolute atomic E-state index is 6.32. The van der Waals surface area contributed by atoms with Crippen LogP contribution >= 0.6 is 23.2 Å². The summed E-state index contributed by atoms with van der Waals surface area (Å²) < 4.78 is -0.897. The van der Waals surface area contributed by atoms with Crippen LogP contribution in [0.25, 0.3) is 11.3 Å². The van der Waals surface area contributed by atoms with Gasteiger partial charge in [-0.05, 0) is 6.07 Å². The fraction of sp³-hybridized carbons (Fsp3) is 0.0909. The van der Waals surface area contributed by atoms with Crippen LogP contribution in [0.15, 0.2) is 36.5 Å². The van der Waals surface area contributed by atoms with Gasteiger partial charge in [0, 0.05) is 22.9 Å². The van der Waals surface area contributed by atoms with Crippen LogP contribution in [0.1, 0.15) is 11.1 Å². The van der Waals surface area contributed by atoms with Crippen LogP contribution in [0.5, 0.6) is 0 Å². The zero-order valence-corrected chi connectivity index (χ0v) is 8.73. The Morgan fingerprint density at radius 3 is 2.64 bits per heavy atom. The van der Waals surface area contributed by atoms with Gasteiger partial charge < -0.3 is 4.98 Å². The van der Waals surface area contributed by atoms with Gasteiger partial charge in [0.05, 0.1) is 5.69 Å². The van der Waals surface area contributed by atoms with E-state index in [4.69, 9.17) is 23.2 Å². The Kier molecular flexibility index (Phi) is 1.53. The average Bonchev–Trinajstić information content (AvgIpc) is 2.72. The minimum absolute atomic E-state index is 0.897. The quantitative estimate of drug-likeness (QED) is 0.657. The molecule has 0 radical (unpaired) electrons. The summed E-state index contributed by atoms with van der Waals surface area (Å²) in [5.74, 6) is 0. The highest BCUT2D eigenvalue weighted by Gasteiger charge is 2.40. The molecule has 1 aromatic carbocycles. The van der Waals surface area contributed by atoms with Crippen LogP contribution in [0, 0.1) is 0 Å². The van der Waals surface area contributed by atoms with Crippen molar-refractivity contribution in [2.75, 3.05) is 0 Å². The van der Waals surface area contributed by atoms with Crippen molar-refractivity contribution in [3.8, 4) is 11.3 Å². The van der Waals surface area contributed by atoms with Gasteiger partial charge >= 0.3 is 0 Å². The van der Waals surface area contributed by atoms with Crippen molar-refractivity contribution in [2.24, 2.45) is 0 Å². The summed E-state index contributed by atoms with van der Waals surface area (Å²) in [6.45, 7) is 0. The van der Waals surface area contributed by atoms with Gasteiger partial charge in [-0.15, -0.1) is 0 Å². The molecule has 0 saturated carbocycles. The summed E-state index contributed by atoms with van der Waals surface area (Å²) in [6.07, 6.45) is 1.86. The van der Waals surface area contributed by atoms with Gasteiger partial charge in [-0.25, -0.2) is 0 Å². The van der Waals surface area contributed by atoms with E-state index in [0.717, 1.165) is 22.4 Å². The Bertz CT molecular complexity index is 499. The van der Waals surface area contributed by atoms with Crippen molar-refractivity contribution in [3.05, 3.63) is 47.7 Å². The largest absolute Gasteiger partial charge is 0.361 e. The number of nitrogens with one attached hydrogen (secondary N) is 1. The second-order valence-corrected chi connectivity index (χ2v) is 4.71. The molecule has 1 aliphatic carbocycles. The molecule has 0 saturated heterocycles. The molecular formula is C11H7Cl2N. The summed E-state index contributed by atoms with van der Waals surface area (Å²) in [7, 11) is 0. The van der Waals surface area contributed by atoms with Crippen molar-refractivity contribution in [1.82, 2.24) is 4.98 Å². The molecule has 1 heterocycles. The molecule has 0 aliphatic heterocycles. The first-order valence-electron chi connectivity index (χ1n) is 4.37. The fourth-order valence-corrected chi connectivity index (χ4v) is 2.62. The van der Waals surface area contributed by atoms with Crippen molar-refractivity contribution >= 4 is 23.2 Å². The summed E-state index contributed by atoms with van der Waals surface area (Å²) in [5, 5.41) is 0. The first kappa shape index (κ1) is 8.39. The third kappa shape index (κ3) is 0.865. The molecule has 0 atom stereocenters. The third-order valence-electron chi connectivity index (χ3n) is 2.62. The number of alkyl halides is 2. The Morgan fingerprint density at radius 2 is 1.79 bits per heavy atom. The second kappa shape index (κ2) is 2.56. The molecule has 0 unspecified atom stereocenters. The minimum atomic E-state index is -0.897. The fourth-order valence-electron chi connectivity index (χ4n) is 1.97. The maximum atomic E-state index is 6.32. The summed E-state index contributed by atoms with van der Waals surface area (Å²) in [5.41, 5.74) is 4.04.